The first-order chi connectivity index (χ1) is 13.1. The number of ether oxygens (including phenoxy) is 1. The highest BCUT2D eigenvalue weighted by atomic mass is 16.5. The maximum atomic E-state index is 12.4. The number of nitrogens with one attached hydrogen (secondary N) is 1. The first-order valence-electron chi connectivity index (χ1n) is 9.07. The second-order valence-corrected chi connectivity index (χ2v) is 6.71. The Morgan fingerprint density at radius 3 is 2.56 bits per heavy atom. The second kappa shape index (κ2) is 8.58. The first-order valence-corrected chi connectivity index (χ1v) is 9.07. The lowest BCUT2D eigenvalue weighted by Crippen LogP contribution is -2.44. The molecule has 142 valence electrons. The van der Waals surface area contributed by atoms with Crippen LogP contribution in [0, 0.1) is 0 Å². The Kier molecular flexibility index (Phi) is 5.96. The fourth-order valence-electron chi connectivity index (χ4n) is 3.14. The third-order valence-corrected chi connectivity index (χ3v) is 4.76. The Morgan fingerprint density at radius 2 is 1.89 bits per heavy atom. The SMILES string of the molecule is COc1ccc(N2CC(NC(=O)N(C)CCc3ccccc3)CC2=O)cc1. The number of hydrogen-bond donors (Lipinski definition) is 1. The Labute approximate surface area is 159 Å². The van der Waals surface area contributed by atoms with E-state index in [1.807, 2.05) is 54.6 Å². The molecule has 0 bridgehead atoms. The van der Waals surface area contributed by atoms with Crippen LogP contribution >= 0.6 is 0 Å². The van der Waals surface area contributed by atoms with Crippen molar-refractivity contribution in [1.29, 1.82) is 0 Å². The van der Waals surface area contributed by atoms with Gasteiger partial charge in [-0.25, -0.2) is 4.79 Å². The molecule has 3 rings (SSSR count). The van der Waals surface area contributed by atoms with Crippen LogP contribution < -0.4 is 15.0 Å². The quantitative estimate of drug-likeness (QED) is 0.854. The van der Waals surface area contributed by atoms with Gasteiger partial charge in [0.25, 0.3) is 0 Å². The maximum Gasteiger partial charge on any atom is 0.317 e. The largest absolute Gasteiger partial charge is 0.497 e. The summed E-state index contributed by atoms with van der Waals surface area (Å²) in [5.74, 6) is 0.757. The smallest absolute Gasteiger partial charge is 0.317 e. The zero-order chi connectivity index (χ0) is 19.2. The third kappa shape index (κ3) is 4.78. The monoisotopic (exact) mass is 367 g/mol. The summed E-state index contributed by atoms with van der Waals surface area (Å²) in [5, 5.41) is 2.97. The molecule has 1 heterocycles. The van der Waals surface area contributed by atoms with Crippen LogP contribution in [0.5, 0.6) is 5.75 Å². The van der Waals surface area contributed by atoms with Crippen molar-refractivity contribution in [3.05, 3.63) is 60.2 Å². The summed E-state index contributed by atoms with van der Waals surface area (Å²) in [6, 6.07) is 17.1. The van der Waals surface area contributed by atoms with Gasteiger partial charge in [-0.1, -0.05) is 30.3 Å². The second-order valence-electron chi connectivity index (χ2n) is 6.71. The van der Waals surface area contributed by atoms with E-state index < -0.39 is 0 Å². The van der Waals surface area contributed by atoms with Crippen molar-refractivity contribution in [2.24, 2.45) is 0 Å². The Morgan fingerprint density at radius 1 is 1.19 bits per heavy atom. The predicted molar refractivity (Wildman–Crippen MR) is 105 cm³/mol. The molecule has 0 saturated carbocycles. The van der Waals surface area contributed by atoms with Crippen LogP contribution in [-0.4, -0.2) is 50.1 Å². The number of likely N-dealkylation sites (N-methyl/N-ethyl adjacent to an activating group) is 1. The summed E-state index contributed by atoms with van der Waals surface area (Å²) in [7, 11) is 3.38. The summed E-state index contributed by atoms with van der Waals surface area (Å²) >= 11 is 0. The number of benzene rings is 2. The van der Waals surface area contributed by atoms with E-state index in [0.29, 0.717) is 19.5 Å². The molecule has 0 radical (unpaired) electrons. The minimum atomic E-state index is -0.189. The molecule has 6 heteroatoms. The molecule has 0 spiro atoms. The van der Waals surface area contributed by atoms with Crippen LogP contribution in [0.25, 0.3) is 0 Å². The van der Waals surface area contributed by atoms with Gasteiger partial charge in [0.15, 0.2) is 0 Å². The van der Waals surface area contributed by atoms with Crippen molar-refractivity contribution in [2.45, 2.75) is 18.9 Å². The van der Waals surface area contributed by atoms with E-state index in [4.69, 9.17) is 4.74 Å². The van der Waals surface area contributed by atoms with E-state index in [-0.39, 0.29) is 18.0 Å². The molecule has 1 aliphatic rings. The summed E-state index contributed by atoms with van der Waals surface area (Å²) in [4.78, 5) is 28.1. The van der Waals surface area contributed by atoms with Crippen molar-refractivity contribution >= 4 is 17.6 Å². The molecule has 2 aromatic rings. The molecule has 0 aliphatic carbocycles. The van der Waals surface area contributed by atoms with Crippen LogP contribution in [0.1, 0.15) is 12.0 Å². The number of methoxy groups -OCH3 is 1. The minimum Gasteiger partial charge on any atom is -0.497 e. The van der Waals surface area contributed by atoms with E-state index >= 15 is 0 Å². The topological polar surface area (TPSA) is 61.9 Å². The van der Waals surface area contributed by atoms with Crippen LogP contribution in [0.2, 0.25) is 0 Å². The molecular weight excluding hydrogens is 342 g/mol. The molecule has 27 heavy (non-hydrogen) atoms. The summed E-state index contributed by atoms with van der Waals surface area (Å²) in [5.41, 5.74) is 2.01. The lowest BCUT2D eigenvalue weighted by atomic mass is 10.1. The van der Waals surface area contributed by atoms with E-state index in [2.05, 4.69) is 5.32 Å². The lowest BCUT2D eigenvalue weighted by Gasteiger charge is -2.21. The number of amides is 3. The van der Waals surface area contributed by atoms with Gasteiger partial charge in [0.2, 0.25) is 5.91 Å². The fourth-order valence-corrected chi connectivity index (χ4v) is 3.14. The minimum absolute atomic E-state index is 0.0115. The van der Waals surface area contributed by atoms with Crippen molar-refractivity contribution in [1.82, 2.24) is 10.2 Å². The molecule has 1 atom stereocenters. The van der Waals surface area contributed by atoms with Gasteiger partial charge in [-0.3, -0.25) is 4.79 Å². The van der Waals surface area contributed by atoms with Crippen molar-refractivity contribution in [2.75, 3.05) is 32.1 Å². The van der Waals surface area contributed by atoms with Crippen molar-refractivity contribution in [3.8, 4) is 5.75 Å². The van der Waals surface area contributed by atoms with Crippen LogP contribution in [0.15, 0.2) is 54.6 Å². The summed E-state index contributed by atoms with van der Waals surface area (Å²) in [6.45, 7) is 1.10. The van der Waals surface area contributed by atoms with Crippen LogP contribution in [-0.2, 0) is 11.2 Å². The number of carbonyl (C=O) groups excluding carboxylic acids is 2. The van der Waals surface area contributed by atoms with Crippen LogP contribution in [0.4, 0.5) is 10.5 Å². The van der Waals surface area contributed by atoms with Gasteiger partial charge in [-0.15, -0.1) is 0 Å². The molecule has 1 unspecified atom stereocenters. The standard InChI is InChI=1S/C21H25N3O3/c1-23(13-12-16-6-4-3-5-7-16)21(26)22-17-14-20(25)24(15-17)18-8-10-19(27-2)11-9-18/h3-11,17H,12-15H2,1-2H3,(H,22,26). The average molecular weight is 367 g/mol. The molecule has 0 aromatic heterocycles. The average Bonchev–Trinajstić information content (AvgIpc) is 3.06. The van der Waals surface area contributed by atoms with Gasteiger partial charge in [-0.2, -0.15) is 0 Å². The van der Waals surface area contributed by atoms with Crippen molar-refractivity contribution in [3.63, 3.8) is 0 Å². The van der Waals surface area contributed by atoms with Crippen molar-refractivity contribution < 1.29 is 14.3 Å². The fraction of sp³-hybridized carbons (Fsp3) is 0.333. The van der Waals surface area contributed by atoms with Gasteiger partial charge in [0.05, 0.1) is 13.2 Å². The molecule has 2 aromatic carbocycles. The third-order valence-electron chi connectivity index (χ3n) is 4.76. The van der Waals surface area contributed by atoms with Gasteiger partial charge < -0.3 is 19.9 Å². The number of hydrogen-bond acceptors (Lipinski definition) is 3. The molecule has 1 fully saturated rings. The van der Waals surface area contributed by atoms with E-state index in [0.717, 1.165) is 17.9 Å². The number of rotatable bonds is 6. The number of anilines is 1. The Hall–Kier alpha value is -3.02. The molecular formula is C21H25N3O3. The molecule has 3 amide bonds. The molecule has 1 saturated heterocycles. The highest BCUT2D eigenvalue weighted by Gasteiger charge is 2.32. The Balaban J connectivity index is 1.51. The van der Waals surface area contributed by atoms with Gasteiger partial charge in [-0.05, 0) is 36.2 Å². The number of urea groups is 1. The highest BCUT2D eigenvalue weighted by molar-refractivity contribution is 5.96. The zero-order valence-electron chi connectivity index (χ0n) is 15.7. The summed E-state index contributed by atoms with van der Waals surface area (Å²) < 4.78 is 5.15. The Bertz CT molecular complexity index is 777. The molecule has 1 aliphatic heterocycles. The predicted octanol–water partition coefficient (Wildman–Crippen LogP) is 2.68. The zero-order valence-corrected chi connectivity index (χ0v) is 15.7. The first kappa shape index (κ1) is 18.8. The maximum absolute atomic E-state index is 12.4. The highest BCUT2D eigenvalue weighted by Crippen LogP contribution is 2.24. The van der Waals surface area contributed by atoms with Crippen LogP contribution in [0.3, 0.4) is 0 Å². The number of carbonyl (C=O) groups is 2. The summed E-state index contributed by atoms with van der Waals surface area (Å²) in [6.07, 6.45) is 1.11. The van der Waals surface area contributed by atoms with E-state index in [9.17, 15) is 9.59 Å². The molecule has 6 nitrogen and oxygen atoms in total. The van der Waals surface area contributed by atoms with Gasteiger partial charge in [0.1, 0.15) is 5.75 Å². The molecule has 1 N–H and O–H groups in total. The van der Waals surface area contributed by atoms with Gasteiger partial charge in [0, 0.05) is 32.2 Å². The number of nitrogens with zero attached hydrogens (tertiary/aromatic N) is 2. The van der Waals surface area contributed by atoms with E-state index in [1.54, 1.807) is 24.0 Å². The van der Waals surface area contributed by atoms with Gasteiger partial charge >= 0.3 is 6.03 Å². The normalized spacial score (nSPS) is 16.3. The lowest BCUT2D eigenvalue weighted by molar-refractivity contribution is -0.117. The van der Waals surface area contributed by atoms with E-state index in [1.165, 1.54) is 5.56 Å².